The Morgan fingerprint density at radius 2 is 1.86 bits per heavy atom. The number of pyridine rings is 1. The van der Waals surface area contributed by atoms with E-state index in [1.54, 1.807) is 0 Å². The highest BCUT2D eigenvalue weighted by atomic mass is 79.9. The van der Waals surface area contributed by atoms with Crippen molar-refractivity contribution in [2.24, 2.45) is 5.10 Å². The van der Waals surface area contributed by atoms with E-state index >= 15 is 0 Å². The number of ether oxygens (including phenoxy) is 1. The first-order valence-electron chi connectivity index (χ1n) is 8.79. The van der Waals surface area contributed by atoms with Gasteiger partial charge in [-0.15, -0.1) is 0 Å². The average Bonchev–Trinajstić information content (AvgIpc) is 2.74. The Labute approximate surface area is 180 Å². The predicted octanol–water partition coefficient (Wildman–Crippen LogP) is 5.33. The first-order valence-corrected chi connectivity index (χ1v) is 9.96. The number of rotatable bonds is 5. The summed E-state index contributed by atoms with van der Waals surface area (Å²) >= 11 is 9.71. The molecular formula is C22H15BrClN3O2. The van der Waals surface area contributed by atoms with Crippen molar-refractivity contribution < 1.29 is 9.53 Å². The minimum atomic E-state index is -0.383. The van der Waals surface area contributed by atoms with Crippen LogP contribution < -0.4 is 10.2 Å². The minimum absolute atomic E-state index is 0.169. The first kappa shape index (κ1) is 19.4. The standard InChI is InChI=1S/C22H15BrClN3O2/c23-21-17-7-3-1-5-14(17)9-10-19(21)29-13-20(28)27-25-12-16-11-15-6-2-4-8-18(15)26-22(16)24/h1-12H,13H2,(H,27,28)/b25-12+. The zero-order chi connectivity index (χ0) is 20.2. The smallest absolute Gasteiger partial charge is 0.277 e. The van der Waals surface area contributed by atoms with Gasteiger partial charge in [-0.2, -0.15) is 5.10 Å². The molecule has 0 fully saturated rings. The number of benzene rings is 3. The molecule has 3 aromatic carbocycles. The van der Waals surface area contributed by atoms with Crippen LogP contribution in [0.25, 0.3) is 21.7 Å². The summed E-state index contributed by atoms with van der Waals surface area (Å²) in [5.41, 5.74) is 3.85. The van der Waals surface area contributed by atoms with Gasteiger partial charge in [0.15, 0.2) is 6.61 Å². The molecule has 0 unspecified atom stereocenters. The number of hydrogen-bond donors (Lipinski definition) is 1. The summed E-state index contributed by atoms with van der Waals surface area (Å²) in [5.74, 6) is 0.204. The number of fused-ring (bicyclic) bond motifs is 2. The largest absolute Gasteiger partial charge is 0.483 e. The number of hydrogen-bond acceptors (Lipinski definition) is 4. The number of hydrazone groups is 1. The Hall–Kier alpha value is -2.96. The lowest BCUT2D eigenvalue weighted by Crippen LogP contribution is -2.24. The van der Waals surface area contributed by atoms with Crippen molar-refractivity contribution in [2.45, 2.75) is 0 Å². The summed E-state index contributed by atoms with van der Waals surface area (Å²) in [7, 11) is 0. The Balaban J connectivity index is 1.39. The third-order valence-corrected chi connectivity index (χ3v) is 5.40. The molecule has 0 bridgehead atoms. The van der Waals surface area contributed by atoms with Gasteiger partial charge in [0.2, 0.25) is 0 Å². The van der Waals surface area contributed by atoms with E-state index in [0.29, 0.717) is 16.5 Å². The van der Waals surface area contributed by atoms with Gasteiger partial charge in [0.25, 0.3) is 5.91 Å². The fourth-order valence-corrected chi connectivity index (χ4v) is 3.68. The lowest BCUT2D eigenvalue weighted by molar-refractivity contribution is -0.123. The summed E-state index contributed by atoms with van der Waals surface area (Å²) in [5, 5.41) is 7.31. The zero-order valence-electron chi connectivity index (χ0n) is 15.1. The number of nitrogens with one attached hydrogen (secondary N) is 1. The van der Waals surface area contributed by atoms with Crippen molar-refractivity contribution in [3.8, 4) is 5.75 Å². The molecule has 0 radical (unpaired) electrons. The van der Waals surface area contributed by atoms with Crippen LogP contribution in [0.3, 0.4) is 0 Å². The van der Waals surface area contributed by atoms with Crippen molar-refractivity contribution in [3.63, 3.8) is 0 Å². The fourth-order valence-electron chi connectivity index (χ4n) is 2.87. The normalized spacial score (nSPS) is 11.2. The third kappa shape index (κ3) is 4.39. The van der Waals surface area contributed by atoms with Gasteiger partial charge in [0.1, 0.15) is 10.9 Å². The molecule has 0 spiro atoms. The topological polar surface area (TPSA) is 63.6 Å². The van der Waals surface area contributed by atoms with Gasteiger partial charge < -0.3 is 4.74 Å². The zero-order valence-corrected chi connectivity index (χ0v) is 17.4. The molecule has 1 heterocycles. The van der Waals surface area contributed by atoms with Crippen molar-refractivity contribution >= 4 is 61.3 Å². The number of carbonyl (C=O) groups excluding carboxylic acids is 1. The quantitative estimate of drug-likeness (QED) is 0.244. The van der Waals surface area contributed by atoms with Crippen molar-refractivity contribution in [2.75, 3.05) is 6.61 Å². The van der Waals surface area contributed by atoms with E-state index in [0.717, 1.165) is 26.1 Å². The highest BCUT2D eigenvalue weighted by Crippen LogP contribution is 2.32. The molecule has 0 aliphatic carbocycles. The Kier molecular flexibility index (Phi) is 5.74. The van der Waals surface area contributed by atoms with Crippen molar-refractivity contribution in [3.05, 3.63) is 81.9 Å². The second kappa shape index (κ2) is 8.59. The minimum Gasteiger partial charge on any atom is -0.483 e. The molecule has 0 aliphatic rings. The van der Waals surface area contributed by atoms with Crippen LogP contribution in [0.15, 0.2) is 76.3 Å². The molecule has 1 amide bonds. The molecule has 1 aromatic heterocycles. The lowest BCUT2D eigenvalue weighted by atomic mass is 10.1. The van der Waals surface area contributed by atoms with E-state index in [-0.39, 0.29) is 12.5 Å². The van der Waals surface area contributed by atoms with Gasteiger partial charge in [-0.25, -0.2) is 10.4 Å². The maximum Gasteiger partial charge on any atom is 0.277 e. The predicted molar refractivity (Wildman–Crippen MR) is 120 cm³/mol. The van der Waals surface area contributed by atoms with Crippen LogP contribution in [0.4, 0.5) is 0 Å². The summed E-state index contributed by atoms with van der Waals surface area (Å²) in [4.78, 5) is 16.4. The lowest BCUT2D eigenvalue weighted by Gasteiger charge is -2.09. The molecule has 4 rings (SSSR count). The van der Waals surface area contributed by atoms with E-state index in [1.165, 1.54) is 6.21 Å². The number of amides is 1. The number of para-hydroxylation sites is 1. The molecule has 5 nitrogen and oxygen atoms in total. The van der Waals surface area contributed by atoms with Crippen LogP contribution in [0, 0.1) is 0 Å². The van der Waals surface area contributed by atoms with Crippen LogP contribution >= 0.6 is 27.5 Å². The van der Waals surface area contributed by atoms with Gasteiger partial charge in [0, 0.05) is 10.9 Å². The van der Waals surface area contributed by atoms with E-state index in [2.05, 4.69) is 31.4 Å². The average molecular weight is 469 g/mol. The molecule has 29 heavy (non-hydrogen) atoms. The third-order valence-electron chi connectivity index (χ3n) is 4.28. The Morgan fingerprint density at radius 3 is 2.72 bits per heavy atom. The Bertz CT molecular complexity index is 1240. The summed E-state index contributed by atoms with van der Waals surface area (Å²) in [6, 6.07) is 21.2. The van der Waals surface area contributed by atoms with Gasteiger partial charge in [0.05, 0.1) is 16.2 Å². The van der Waals surface area contributed by atoms with E-state index in [4.69, 9.17) is 16.3 Å². The number of carbonyl (C=O) groups is 1. The summed E-state index contributed by atoms with van der Waals surface area (Å²) in [6.45, 7) is -0.169. The first-order chi connectivity index (χ1) is 14.1. The second-order valence-electron chi connectivity index (χ2n) is 6.24. The Morgan fingerprint density at radius 1 is 1.10 bits per heavy atom. The van der Waals surface area contributed by atoms with Crippen molar-refractivity contribution in [1.29, 1.82) is 0 Å². The second-order valence-corrected chi connectivity index (χ2v) is 7.39. The summed E-state index contributed by atoms with van der Waals surface area (Å²) in [6.07, 6.45) is 1.46. The highest BCUT2D eigenvalue weighted by molar-refractivity contribution is 9.10. The van der Waals surface area contributed by atoms with Gasteiger partial charge in [-0.1, -0.05) is 60.1 Å². The molecule has 0 saturated carbocycles. The number of halogens is 2. The SMILES string of the molecule is O=C(COc1ccc2ccccc2c1Br)N/N=C/c1cc2ccccc2nc1Cl. The molecule has 0 saturated heterocycles. The van der Waals surface area contributed by atoms with E-state index in [1.807, 2.05) is 66.7 Å². The summed E-state index contributed by atoms with van der Waals surface area (Å²) < 4.78 is 6.43. The van der Waals surface area contributed by atoms with Gasteiger partial charge >= 0.3 is 0 Å². The van der Waals surface area contributed by atoms with Crippen LogP contribution in [0.5, 0.6) is 5.75 Å². The highest BCUT2D eigenvalue weighted by Gasteiger charge is 2.08. The molecular weight excluding hydrogens is 454 g/mol. The van der Waals surface area contributed by atoms with Crippen LogP contribution in [0.2, 0.25) is 5.15 Å². The van der Waals surface area contributed by atoms with Crippen LogP contribution in [-0.2, 0) is 4.79 Å². The van der Waals surface area contributed by atoms with Crippen molar-refractivity contribution in [1.82, 2.24) is 10.4 Å². The number of nitrogens with zero attached hydrogens (tertiary/aromatic N) is 2. The number of aromatic nitrogens is 1. The molecule has 7 heteroatoms. The van der Waals surface area contributed by atoms with Crippen LogP contribution in [-0.4, -0.2) is 23.7 Å². The van der Waals surface area contributed by atoms with E-state index < -0.39 is 0 Å². The van der Waals surface area contributed by atoms with Crippen LogP contribution in [0.1, 0.15) is 5.56 Å². The molecule has 4 aromatic rings. The maximum absolute atomic E-state index is 12.1. The molecule has 0 aliphatic heterocycles. The van der Waals surface area contributed by atoms with E-state index in [9.17, 15) is 4.79 Å². The fraction of sp³-hybridized carbons (Fsp3) is 0.0455. The maximum atomic E-state index is 12.1. The van der Waals surface area contributed by atoms with Gasteiger partial charge in [-0.3, -0.25) is 4.79 Å². The molecule has 1 N–H and O–H groups in total. The van der Waals surface area contributed by atoms with Gasteiger partial charge in [-0.05, 0) is 44.9 Å². The molecule has 0 atom stereocenters. The monoisotopic (exact) mass is 467 g/mol. The molecule has 144 valence electrons.